The molecule has 0 aliphatic carbocycles. The fourth-order valence-corrected chi connectivity index (χ4v) is 8.96. The van der Waals surface area contributed by atoms with Crippen LogP contribution in [-0.4, -0.2) is 134 Å². The molecule has 5 aromatic carbocycles. The van der Waals surface area contributed by atoms with Crippen LogP contribution in [0.4, 0.5) is 13.2 Å². The first-order valence-corrected chi connectivity index (χ1v) is 26.4. The molecule has 0 radical (unpaired) electrons. The molecule has 0 bridgehead atoms. The maximum absolute atomic E-state index is 14.6. The van der Waals surface area contributed by atoms with Gasteiger partial charge in [-0.25, -0.2) is 19.2 Å². The summed E-state index contributed by atoms with van der Waals surface area (Å²) < 4.78 is 125. The van der Waals surface area contributed by atoms with Gasteiger partial charge in [0.2, 0.25) is 0 Å². The predicted molar refractivity (Wildman–Crippen MR) is 273 cm³/mol. The molecule has 27 heteroatoms. The van der Waals surface area contributed by atoms with Crippen LogP contribution in [0, 0.1) is 0 Å². The van der Waals surface area contributed by atoms with Crippen molar-refractivity contribution in [3.05, 3.63) is 156 Å². The molecule has 426 valence electrons. The standard InChI is InChI=1S/C53H47Cl3F3NO19S/c1-29(61)22-25-37(62)74-41-42(75-46(64)33-17-8-4-9-18-33)44(76-47(65)34-19-10-5-11-20-34)50(78-43(41)48(66)70-2)77-40-38(60-51(67)52(54,55)56)49(72-27-30-23-24-31-14-12-13-21-35(31)26-30)73-36(39(40)79-80(68,69)53(57,58)59)28-71-45(63)32-15-6-3-7-16-32/h3-21,23-24,26,36,38-44,49-50H,22,25,27-28H2,1-2H3,(H,60,67)/t36-,38-,39-,40-,41+,42+,43+,44-,49-,50-/m1/s1. The Morgan fingerprint density at radius 2 is 1.18 bits per heavy atom. The van der Waals surface area contributed by atoms with Crippen LogP contribution in [-0.2, 0) is 82.7 Å². The van der Waals surface area contributed by atoms with Gasteiger partial charge in [-0.1, -0.05) is 126 Å². The molecule has 0 saturated carbocycles. The summed E-state index contributed by atoms with van der Waals surface area (Å²) in [7, 11) is -6.00. The molecule has 2 fully saturated rings. The molecule has 0 aromatic heterocycles. The van der Waals surface area contributed by atoms with E-state index in [2.05, 4.69) is 5.32 Å². The van der Waals surface area contributed by atoms with E-state index in [1.807, 2.05) is 0 Å². The van der Waals surface area contributed by atoms with Crippen LogP contribution in [0.15, 0.2) is 133 Å². The minimum Gasteiger partial charge on any atom is -0.467 e. The Bertz CT molecular complexity index is 3140. The lowest BCUT2D eigenvalue weighted by molar-refractivity contribution is -0.338. The van der Waals surface area contributed by atoms with E-state index in [4.69, 9.17) is 81.6 Å². The molecule has 0 spiro atoms. The van der Waals surface area contributed by atoms with Crippen molar-refractivity contribution in [2.45, 2.75) is 97.0 Å². The number of rotatable bonds is 20. The minimum atomic E-state index is -6.84. The third-order valence-corrected chi connectivity index (χ3v) is 13.6. The number of methoxy groups -OCH3 is 1. The molecule has 2 saturated heterocycles. The van der Waals surface area contributed by atoms with Crippen LogP contribution in [0.5, 0.6) is 0 Å². The first-order chi connectivity index (χ1) is 37.9. The summed E-state index contributed by atoms with van der Waals surface area (Å²) in [6.07, 6.45) is -22.7. The van der Waals surface area contributed by atoms with E-state index in [1.54, 1.807) is 48.5 Å². The summed E-state index contributed by atoms with van der Waals surface area (Å²) in [6, 6.07) is 30.7. The molecule has 5 aromatic rings. The first-order valence-electron chi connectivity index (χ1n) is 23.9. The molecular formula is C53H47Cl3F3NO19S. The van der Waals surface area contributed by atoms with Crippen LogP contribution in [0.2, 0.25) is 0 Å². The first kappa shape index (κ1) is 60.9. The third-order valence-electron chi connectivity index (χ3n) is 12.0. The summed E-state index contributed by atoms with van der Waals surface area (Å²) in [5.41, 5.74) is -6.34. The number of hydrogen-bond acceptors (Lipinski definition) is 19. The molecule has 2 aliphatic heterocycles. The van der Waals surface area contributed by atoms with Crippen molar-refractivity contribution in [3.63, 3.8) is 0 Å². The molecule has 2 heterocycles. The number of Topliss-reactive ketones (excluding diaryl/α,β-unsaturated/α-hetero) is 1. The second-order valence-electron chi connectivity index (χ2n) is 17.6. The number of ketones is 1. The third kappa shape index (κ3) is 15.6. The second kappa shape index (κ2) is 26.7. The molecule has 0 unspecified atom stereocenters. The molecule has 1 amide bonds. The quantitative estimate of drug-likeness (QED) is 0.0269. The number of carbonyl (C=O) groups excluding carboxylic acids is 7. The fraction of sp³-hybridized carbons (Fsp3) is 0.340. The molecule has 20 nitrogen and oxygen atoms in total. The van der Waals surface area contributed by atoms with Crippen molar-refractivity contribution >= 4 is 97.2 Å². The predicted octanol–water partition coefficient (Wildman–Crippen LogP) is 7.04. The lowest BCUT2D eigenvalue weighted by Crippen LogP contribution is -2.70. The van der Waals surface area contributed by atoms with Crippen LogP contribution in [0.3, 0.4) is 0 Å². The van der Waals surface area contributed by atoms with Crippen molar-refractivity contribution < 1.29 is 102 Å². The maximum Gasteiger partial charge on any atom is 0.523 e. The van der Waals surface area contributed by atoms with Crippen LogP contribution < -0.4 is 5.32 Å². The zero-order chi connectivity index (χ0) is 57.9. The van der Waals surface area contributed by atoms with E-state index in [-0.39, 0.29) is 16.7 Å². The van der Waals surface area contributed by atoms with E-state index in [0.29, 0.717) is 10.9 Å². The lowest BCUT2D eigenvalue weighted by Gasteiger charge is -2.49. The Labute approximate surface area is 468 Å². The molecule has 80 heavy (non-hydrogen) atoms. The number of hydrogen-bond donors (Lipinski definition) is 1. The van der Waals surface area contributed by atoms with Gasteiger partial charge < -0.3 is 52.7 Å². The zero-order valence-electron chi connectivity index (χ0n) is 41.7. The van der Waals surface area contributed by atoms with Crippen molar-refractivity contribution in [1.82, 2.24) is 5.32 Å². The van der Waals surface area contributed by atoms with Crippen LogP contribution >= 0.6 is 34.8 Å². The van der Waals surface area contributed by atoms with Crippen molar-refractivity contribution in [2.75, 3.05) is 13.7 Å². The van der Waals surface area contributed by atoms with Crippen LogP contribution in [0.25, 0.3) is 10.8 Å². The number of nitrogens with one attached hydrogen (secondary N) is 1. The number of esters is 5. The smallest absolute Gasteiger partial charge is 0.467 e. The van der Waals surface area contributed by atoms with Gasteiger partial charge in [-0.15, -0.1) is 0 Å². The summed E-state index contributed by atoms with van der Waals surface area (Å²) >= 11 is 18.1. The molecule has 1 N–H and O–H groups in total. The van der Waals surface area contributed by atoms with Gasteiger partial charge in [0.1, 0.15) is 36.7 Å². The van der Waals surface area contributed by atoms with Gasteiger partial charge in [0, 0.05) is 6.42 Å². The minimum absolute atomic E-state index is 0.103. The average Bonchev–Trinajstić information content (AvgIpc) is 3.46. The Kier molecular flexibility index (Phi) is 20.3. The van der Waals surface area contributed by atoms with E-state index in [9.17, 15) is 55.2 Å². The number of ether oxygens (including phenoxy) is 9. The number of carbonyl (C=O) groups is 7. The van der Waals surface area contributed by atoms with E-state index >= 15 is 0 Å². The molecule has 10 atom stereocenters. The molecule has 7 rings (SSSR count). The van der Waals surface area contributed by atoms with Crippen molar-refractivity contribution in [3.8, 4) is 0 Å². The number of halogens is 6. The topological polar surface area (TPSA) is 258 Å². The average molecular weight is 1200 g/mol. The number of fused-ring (bicyclic) bond motifs is 1. The number of amides is 1. The highest BCUT2D eigenvalue weighted by Crippen LogP contribution is 2.39. The SMILES string of the molecule is COC(=O)[C@H]1O[C@@H](O[C@@H]2[C@@H](NC(=O)C(Cl)(Cl)Cl)[C@H](OCc3ccc4ccccc4c3)O[C@H](COC(=O)c3ccccc3)[C@H]2OS(=O)(=O)C(F)(F)F)[C@H](OC(=O)c2ccccc2)[C@@H](OC(=O)c2ccccc2)[C@@H]1OC(=O)CCC(C)=O. The number of alkyl halides is 6. The molecular weight excluding hydrogens is 1150 g/mol. The Morgan fingerprint density at radius 3 is 1.73 bits per heavy atom. The van der Waals surface area contributed by atoms with Gasteiger partial charge in [0.05, 0.1) is 36.8 Å². The summed E-state index contributed by atoms with van der Waals surface area (Å²) in [6.45, 7) is -0.515. The molecule has 2 aliphatic rings. The van der Waals surface area contributed by atoms with Crippen molar-refractivity contribution in [1.29, 1.82) is 0 Å². The summed E-state index contributed by atoms with van der Waals surface area (Å²) in [4.78, 5) is 95.2. The monoisotopic (exact) mass is 1200 g/mol. The Hall–Kier alpha value is -6.74. The summed E-state index contributed by atoms with van der Waals surface area (Å²) in [5, 5.41) is 3.71. The largest absolute Gasteiger partial charge is 0.523 e. The van der Waals surface area contributed by atoms with Gasteiger partial charge in [-0.05, 0) is 65.7 Å². The van der Waals surface area contributed by atoms with Gasteiger partial charge in [-0.3, -0.25) is 13.8 Å². The normalized spacial score (nSPS) is 23.2. The lowest BCUT2D eigenvalue weighted by atomic mass is 9.94. The highest BCUT2D eigenvalue weighted by Gasteiger charge is 2.61. The second-order valence-corrected chi connectivity index (χ2v) is 21.5. The Balaban J connectivity index is 1.43. The van der Waals surface area contributed by atoms with Gasteiger partial charge in [0.25, 0.3) is 9.70 Å². The highest BCUT2D eigenvalue weighted by atomic mass is 35.6. The van der Waals surface area contributed by atoms with Gasteiger partial charge in [-0.2, -0.15) is 21.6 Å². The highest BCUT2D eigenvalue weighted by molar-refractivity contribution is 7.87. The van der Waals surface area contributed by atoms with Gasteiger partial charge >= 0.3 is 45.5 Å². The summed E-state index contributed by atoms with van der Waals surface area (Å²) in [5.74, 6) is -8.35. The van der Waals surface area contributed by atoms with E-state index in [1.165, 1.54) is 84.9 Å². The fourth-order valence-electron chi connectivity index (χ4n) is 8.16. The van der Waals surface area contributed by atoms with Gasteiger partial charge in [0.15, 0.2) is 37.0 Å². The Morgan fingerprint density at radius 1 is 0.625 bits per heavy atom. The number of benzene rings is 5. The van der Waals surface area contributed by atoms with Crippen LogP contribution in [0.1, 0.15) is 56.4 Å². The maximum atomic E-state index is 14.6. The zero-order valence-corrected chi connectivity index (χ0v) is 44.8. The van der Waals surface area contributed by atoms with E-state index < -0.39 is 148 Å². The van der Waals surface area contributed by atoms with E-state index in [0.717, 1.165) is 19.4 Å². The van der Waals surface area contributed by atoms with Crippen molar-refractivity contribution in [2.24, 2.45) is 0 Å².